The van der Waals surface area contributed by atoms with Crippen LogP contribution in [0.2, 0.25) is 0 Å². The van der Waals surface area contributed by atoms with Gasteiger partial charge < -0.3 is 9.64 Å². The van der Waals surface area contributed by atoms with E-state index in [2.05, 4.69) is 24.0 Å². The lowest BCUT2D eigenvalue weighted by atomic mass is 10.2. The second kappa shape index (κ2) is 10.1. The summed E-state index contributed by atoms with van der Waals surface area (Å²) in [5.74, 6) is 2.19. The molecule has 0 unspecified atom stereocenters. The van der Waals surface area contributed by atoms with Gasteiger partial charge in [-0.15, -0.1) is 0 Å². The summed E-state index contributed by atoms with van der Waals surface area (Å²) in [5, 5.41) is 5.73. The molecular weight excluding hydrogens is 488 g/mol. The molecule has 194 valence electrons. The highest BCUT2D eigenvalue weighted by Gasteiger charge is 2.29. The summed E-state index contributed by atoms with van der Waals surface area (Å²) in [6.45, 7) is 8.11. The normalized spacial score (nSPS) is 15.2. The fourth-order valence-corrected chi connectivity index (χ4v) is 6.17. The average Bonchev–Trinajstić information content (AvgIpc) is 3.07. The third-order valence-corrected chi connectivity index (χ3v) is 8.69. The molecule has 5 rings (SSSR count). The molecule has 3 heterocycles. The molecule has 0 spiro atoms. The number of sulfonamides is 1. The van der Waals surface area contributed by atoms with Crippen LogP contribution in [0.3, 0.4) is 0 Å². The molecule has 2 aromatic heterocycles. The van der Waals surface area contributed by atoms with E-state index in [1.807, 2.05) is 30.7 Å². The lowest BCUT2D eigenvalue weighted by Gasteiger charge is -2.24. The van der Waals surface area contributed by atoms with E-state index in [1.165, 1.54) is 5.56 Å². The van der Waals surface area contributed by atoms with Gasteiger partial charge in [-0.3, -0.25) is 0 Å². The molecule has 1 aliphatic rings. The highest BCUT2D eigenvalue weighted by Crippen LogP contribution is 2.30. The maximum atomic E-state index is 13.4. The van der Waals surface area contributed by atoms with Gasteiger partial charge in [-0.1, -0.05) is 24.6 Å². The van der Waals surface area contributed by atoms with Gasteiger partial charge in [0.25, 0.3) is 0 Å². The molecule has 9 nitrogen and oxygen atoms in total. The van der Waals surface area contributed by atoms with Crippen LogP contribution in [0.25, 0.3) is 16.7 Å². The zero-order valence-electron chi connectivity index (χ0n) is 21.7. The SMILES string of the molecule is CCc1nc(N2CCCN(S(=O)(=O)c3ccc(OC)cc3)CC2)c2c(C)nn(-c3ccc(C)cc3)c2n1. The van der Waals surface area contributed by atoms with Gasteiger partial charge in [-0.2, -0.15) is 9.40 Å². The van der Waals surface area contributed by atoms with E-state index < -0.39 is 10.0 Å². The van der Waals surface area contributed by atoms with Crippen molar-refractivity contribution >= 4 is 26.9 Å². The monoisotopic (exact) mass is 520 g/mol. The van der Waals surface area contributed by atoms with Gasteiger partial charge in [-0.05, 0) is 56.7 Å². The van der Waals surface area contributed by atoms with E-state index in [9.17, 15) is 8.42 Å². The lowest BCUT2D eigenvalue weighted by molar-refractivity contribution is 0.413. The number of methoxy groups -OCH3 is 1. The van der Waals surface area contributed by atoms with Crippen molar-refractivity contribution in [3.63, 3.8) is 0 Å². The van der Waals surface area contributed by atoms with E-state index >= 15 is 0 Å². The number of fused-ring (bicyclic) bond motifs is 1. The van der Waals surface area contributed by atoms with Gasteiger partial charge in [0.2, 0.25) is 10.0 Å². The summed E-state index contributed by atoms with van der Waals surface area (Å²) in [6, 6.07) is 14.8. The van der Waals surface area contributed by atoms with Gasteiger partial charge in [0.05, 0.1) is 28.8 Å². The van der Waals surface area contributed by atoms with Gasteiger partial charge in [0.15, 0.2) is 5.65 Å². The second-order valence-electron chi connectivity index (χ2n) is 9.27. The van der Waals surface area contributed by atoms with E-state index in [0.29, 0.717) is 44.8 Å². The second-order valence-corrected chi connectivity index (χ2v) is 11.2. The first-order valence-electron chi connectivity index (χ1n) is 12.5. The fourth-order valence-electron chi connectivity index (χ4n) is 4.70. The number of hydrogen-bond donors (Lipinski definition) is 0. The van der Waals surface area contributed by atoms with Gasteiger partial charge in [0.1, 0.15) is 17.4 Å². The minimum atomic E-state index is -3.61. The molecule has 0 saturated carbocycles. The predicted octanol–water partition coefficient (Wildman–Crippen LogP) is 3.90. The van der Waals surface area contributed by atoms with Crippen LogP contribution in [0.15, 0.2) is 53.4 Å². The van der Waals surface area contributed by atoms with Crippen molar-refractivity contribution in [2.24, 2.45) is 0 Å². The molecule has 0 N–H and O–H groups in total. The Labute approximate surface area is 217 Å². The van der Waals surface area contributed by atoms with Gasteiger partial charge in [0, 0.05) is 32.6 Å². The number of aryl methyl sites for hydroxylation is 3. The van der Waals surface area contributed by atoms with Crippen molar-refractivity contribution in [1.29, 1.82) is 0 Å². The third-order valence-electron chi connectivity index (χ3n) is 6.78. The Kier molecular flexibility index (Phi) is 6.87. The molecular formula is C27H32N6O3S. The van der Waals surface area contributed by atoms with Crippen LogP contribution in [-0.2, 0) is 16.4 Å². The van der Waals surface area contributed by atoms with E-state index in [-0.39, 0.29) is 4.90 Å². The largest absolute Gasteiger partial charge is 0.497 e. The quantitative estimate of drug-likeness (QED) is 0.381. The first-order valence-corrected chi connectivity index (χ1v) is 14.0. The van der Waals surface area contributed by atoms with Crippen LogP contribution in [0.1, 0.15) is 30.4 Å². The summed E-state index contributed by atoms with van der Waals surface area (Å²) in [4.78, 5) is 12.2. The van der Waals surface area contributed by atoms with Crippen LogP contribution in [0.5, 0.6) is 5.75 Å². The maximum absolute atomic E-state index is 13.4. The molecule has 0 atom stereocenters. The van der Waals surface area contributed by atoms with Gasteiger partial charge >= 0.3 is 0 Å². The van der Waals surface area contributed by atoms with E-state index in [0.717, 1.165) is 34.1 Å². The molecule has 1 saturated heterocycles. The number of benzene rings is 2. The first-order chi connectivity index (χ1) is 17.8. The zero-order chi connectivity index (χ0) is 26.2. The Hall–Kier alpha value is -3.50. The average molecular weight is 521 g/mol. The van der Waals surface area contributed by atoms with Crippen molar-refractivity contribution in [2.75, 3.05) is 38.2 Å². The standard InChI is InChI=1S/C27H32N6O3S/c1-5-24-28-26(25-20(3)30-33(27(25)29-24)21-9-7-19(2)8-10-21)31-15-6-16-32(18-17-31)37(34,35)23-13-11-22(36-4)12-14-23/h7-14H,5-6,15-18H2,1-4H3. The van der Waals surface area contributed by atoms with E-state index in [1.54, 1.807) is 35.7 Å². The maximum Gasteiger partial charge on any atom is 0.243 e. The number of hydrogen-bond acceptors (Lipinski definition) is 7. The lowest BCUT2D eigenvalue weighted by Crippen LogP contribution is -2.35. The number of rotatable bonds is 6. The highest BCUT2D eigenvalue weighted by molar-refractivity contribution is 7.89. The molecule has 0 amide bonds. The Morgan fingerprint density at radius 1 is 0.919 bits per heavy atom. The molecule has 2 aromatic carbocycles. The van der Waals surface area contributed by atoms with Crippen LogP contribution in [0.4, 0.5) is 5.82 Å². The van der Waals surface area contributed by atoms with Crippen molar-refractivity contribution in [2.45, 2.75) is 38.5 Å². The van der Waals surface area contributed by atoms with Crippen LogP contribution in [-0.4, -0.2) is 65.8 Å². The van der Waals surface area contributed by atoms with Gasteiger partial charge in [-0.25, -0.2) is 23.1 Å². The fraction of sp³-hybridized carbons (Fsp3) is 0.370. The molecule has 37 heavy (non-hydrogen) atoms. The summed E-state index contributed by atoms with van der Waals surface area (Å²) in [7, 11) is -2.05. The summed E-state index contributed by atoms with van der Waals surface area (Å²) in [6.07, 6.45) is 1.38. The molecule has 10 heteroatoms. The Morgan fingerprint density at radius 3 is 2.32 bits per heavy atom. The van der Waals surface area contributed by atoms with Crippen LogP contribution in [0, 0.1) is 13.8 Å². The molecule has 0 bridgehead atoms. The molecule has 4 aromatic rings. The molecule has 1 fully saturated rings. The first kappa shape index (κ1) is 25.2. The minimum Gasteiger partial charge on any atom is -0.497 e. The molecule has 1 aliphatic heterocycles. The summed E-state index contributed by atoms with van der Waals surface area (Å²) >= 11 is 0. The smallest absolute Gasteiger partial charge is 0.243 e. The van der Waals surface area contributed by atoms with Crippen molar-refractivity contribution in [1.82, 2.24) is 24.1 Å². The zero-order valence-corrected chi connectivity index (χ0v) is 22.5. The molecule has 0 radical (unpaired) electrons. The molecule has 0 aliphatic carbocycles. The van der Waals surface area contributed by atoms with Crippen LogP contribution < -0.4 is 9.64 Å². The topological polar surface area (TPSA) is 93.5 Å². The highest BCUT2D eigenvalue weighted by atomic mass is 32.2. The van der Waals surface area contributed by atoms with Crippen LogP contribution >= 0.6 is 0 Å². The Balaban J connectivity index is 1.48. The van der Waals surface area contributed by atoms with Crippen molar-refractivity contribution in [3.8, 4) is 11.4 Å². The number of ether oxygens (including phenoxy) is 1. The Morgan fingerprint density at radius 2 is 1.65 bits per heavy atom. The van der Waals surface area contributed by atoms with Crippen molar-refractivity contribution < 1.29 is 13.2 Å². The predicted molar refractivity (Wildman–Crippen MR) is 144 cm³/mol. The van der Waals surface area contributed by atoms with Crippen molar-refractivity contribution in [3.05, 3.63) is 65.6 Å². The number of aromatic nitrogens is 4. The summed E-state index contributed by atoms with van der Waals surface area (Å²) < 4.78 is 35.3. The number of nitrogens with zero attached hydrogens (tertiary/aromatic N) is 6. The third kappa shape index (κ3) is 4.78. The number of anilines is 1. The minimum absolute atomic E-state index is 0.273. The van der Waals surface area contributed by atoms with E-state index in [4.69, 9.17) is 19.8 Å². The summed E-state index contributed by atoms with van der Waals surface area (Å²) in [5.41, 5.74) is 3.75. The Bertz CT molecular complexity index is 1510.